The van der Waals surface area contributed by atoms with Gasteiger partial charge in [0.05, 0.1) is 0 Å². The maximum Gasteiger partial charge on any atom is 0.0406 e. The molecule has 22 heavy (non-hydrogen) atoms. The molecule has 1 aromatic rings. The number of rotatable bonds is 9. The first-order valence-corrected chi connectivity index (χ1v) is 9.26. The molecule has 0 N–H and O–H groups in total. The van der Waals surface area contributed by atoms with Gasteiger partial charge in [0.1, 0.15) is 0 Å². The van der Waals surface area contributed by atoms with Crippen LogP contribution in [-0.4, -0.2) is 4.98 Å². The van der Waals surface area contributed by atoms with E-state index < -0.39 is 0 Å². The SMILES string of the molecule is C=C(C)CC1CCc2cnc(CCC(CCC)CCC)cc21. The lowest BCUT2D eigenvalue weighted by Crippen LogP contribution is -2.04. The van der Waals surface area contributed by atoms with E-state index in [4.69, 9.17) is 4.98 Å². The van der Waals surface area contributed by atoms with Crippen molar-refractivity contribution in [1.82, 2.24) is 4.98 Å². The van der Waals surface area contributed by atoms with Crippen molar-refractivity contribution in [3.8, 4) is 0 Å². The van der Waals surface area contributed by atoms with Crippen LogP contribution in [0.1, 0.15) is 88.5 Å². The molecular formula is C21H33N. The normalized spacial score (nSPS) is 17.0. The van der Waals surface area contributed by atoms with Crippen molar-refractivity contribution in [2.75, 3.05) is 0 Å². The molecule has 1 aliphatic rings. The predicted octanol–water partition coefficient (Wildman–Crippen LogP) is 6.23. The van der Waals surface area contributed by atoms with Gasteiger partial charge >= 0.3 is 0 Å². The van der Waals surface area contributed by atoms with E-state index in [-0.39, 0.29) is 0 Å². The molecule has 0 bridgehead atoms. The summed E-state index contributed by atoms with van der Waals surface area (Å²) in [4.78, 5) is 4.73. The highest BCUT2D eigenvalue weighted by molar-refractivity contribution is 5.35. The molecule has 1 heteroatoms. The molecule has 1 unspecified atom stereocenters. The third-order valence-electron chi connectivity index (χ3n) is 5.08. The molecule has 1 heterocycles. The Bertz CT molecular complexity index is 483. The molecule has 122 valence electrons. The number of hydrogen-bond acceptors (Lipinski definition) is 1. The second-order valence-electron chi connectivity index (χ2n) is 7.25. The lowest BCUT2D eigenvalue weighted by atomic mass is 9.91. The number of aromatic nitrogens is 1. The van der Waals surface area contributed by atoms with Gasteiger partial charge in [0.2, 0.25) is 0 Å². The van der Waals surface area contributed by atoms with E-state index in [2.05, 4.69) is 39.6 Å². The van der Waals surface area contributed by atoms with Crippen LogP contribution in [-0.2, 0) is 12.8 Å². The zero-order valence-electron chi connectivity index (χ0n) is 14.8. The molecule has 0 amide bonds. The van der Waals surface area contributed by atoms with Crippen LogP contribution < -0.4 is 0 Å². The Morgan fingerprint density at radius 1 is 1.27 bits per heavy atom. The highest BCUT2D eigenvalue weighted by Gasteiger charge is 2.23. The Balaban J connectivity index is 1.99. The van der Waals surface area contributed by atoms with Gasteiger partial charge in [-0.3, -0.25) is 4.98 Å². The minimum Gasteiger partial charge on any atom is -0.261 e. The third-order valence-corrected chi connectivity index (χ3v) is 5.08. The summed E-state index contributed by atoms with van der Waals surface area (Å²) in [7, 11) is 0. The minimum absolute atomic E-state index is 0.691. The van der Waals surface area contributed by atoms with E-state index in [0.29, 0.717) is 5.92 Å². The van der Waals surface area contributed by atoms with Gasteiger partial charge in [0.25, 0.3) is 0 Å². The Hall–Kier alpha value is -1.11. The van der Waals surface area contributed by atoms with Gasteiger partial charge in [-0.2, -0.15) is 0 Å². The van der Waals surface area contributed by atoms with Gasteiger partial charge < -0.3 is 0 Å². The van der Waals surface area contributed by atoms with Crippen LogP contribution in [0.15, 0.2) is 24.4 Å². The molecule has 1 atom stereocenters. The van der Waals surface area contributed by atoms with E-state index in [0.717, 1.165) is 18.8 Å². The zero-order chi connectivity index (χ0) is 15.9. The summed E-state index contributed by atoms with van der Waals surface area (Å²) in [5, 5.41) is 0. The summed E-state index contributed by atoms with van der Waals surface area (Å²) >= 11 is 0. The molecule has 0 saturated carbocycles. The lowest BCUT2D eigenvalue weighted by molar-refractivity contribution is 0.410. The molecule has 0 saturated heterocycles. The van der Waals surface area contributed by atoms with Crippen LogP contribution in [0.2, 0.25) is 0 Å². The monoisotopic (exact) mass is 299 g/mol. The molecule has 0 aromatic carbocycles. The van der Waals surface area contributed by atoms with Gasteiger partial charge in [-0.25, -0.2) is 0 Å². The topological polar surface area (TPSA) is 12.9 Å². The quantitative estimate of drug-likeness (QED) is 0.493. The molecule has 0 spiro atoms. The van der Waals surface area contributed by atoms with E-state index in [1.165, 1.54) is 61.8 Å². The first-order chi connectivity index (χ1) is 10.6. The number of aryl methyl sites for hydroxylation is 2. The van der Waals surface area contributed by atoms with Crippen molar-refractivity contribution in [3.63, 3.8) is 0 Å². The molecular weight excluding hydrogens is 266 g/mol. The van der Waals surface area contributed by atoms with Crippen LogP contribution in [0, 0.1) is 5.92 Å². The van der Waals surface area contributed by atoms with Crippen molar-refractivity contribution in [3.05, 3.63) is 41.2 Å². The van der Waals surface area contributed by atoms with E-state index in [1.807, 2.05) is 0 Å². The number of allylic oxidation sites excluding steroid dienone is 1. The van der Waals surface area contributed by atoms with Gasteiger partial charge in [0.15, 0.2) is 0 Å². The van der Waals surface area contributed by atoms with E-state index in [1.54, 1.807) is 5.56 Å². The summed E-state index contributed by atoms with van der Waals surface area (Å²) in [6, 6.07) is 2.41. The molecule has 1 aliphatic carbocycles. The molecule has 0 aliphatic heterocycles. The van der Waals surface area contributed by atoms with Crippen LogP contribution in [0.25, 0.3) is 0 Å². The Morgan fingerprint density at radius 3 is 2.64 bits per heavy atom. The maximum absolute atomic E-state index is 4.73. The second-order valence-corrected chi connectivity index (χ2v) is 7.25. The first-order valence-electron chi connectivity index (χ1n) is 9.26. The Labute approximate surface area is 137 Å². The molecule has 0 fully saturated rings. The van der Waals surface area contributed by atoms with Crippen LogP contribution in [0.4, 0.5) is 0 Å². The van der Waals surface area contributed by atoms with Crippen molar-refractivity contribution >= 4 is 0 Å². The fourth-order valence-electron chi connectivity index (χ4n) is 3.99. The minimum atomic E-state index is 0.691. The lowest BCUT2D eigenvalue weighted by Gasteiger charge is -2.16. The molecule has 1 aromatic heterocycles. The van der Waals surface area contributed by atoms with Gasteiger partial charge in [-0.15, -0.1) is 6.58 Å². The summed E-state index contributed by atoms with van der Waals surface area (Å²) in [6.45, 7) is 10.9. The highest BCUT2D eigenvalue weighted by Crippen LogP contribution is 2.37. The standard InChI is InChI=1S/C21H33N/c1-5-7-17(8-6-2)9-12-20-14-21-18(13-16(3)4)10-11-19(21)15-22-20/h14-15,17-18H,3,5-13H2,1-2,4H3. The second kappa shape index (κ2) is 8.50. The number of pyridine rings is 1. The highest BCUT2D eigenvalue weighted by atomic mass is 14.7. The summed E-state index contributed by atoms with van der Waals surface area (Å²) < 4.78 is 0. The van der Waals surface area contributed by atoms with Crippen LogP contribution in [0.5, 0.6) is 0 Å². The zero-order valence-corrected chi connectivity index (χ0v) is 14.8. The maximum atomic E-state index is 4.73. The fourth-order valence-corrected chi connectivity index (χ4v) is 3.99. The average Bonchev–Trinajstić information content (AvgIpc) is 2.87. The largest absolute Gasteiger partial charge is 0.261 e. The van der Waals surface area contributed by atoms with Crippen LogP contribution >= 0.6 is 0 Å². The fraction of sp³-hybridized carbons (Fsp3) is 0.667. The Morgan fingerprint density at radius 2 is 2.00 bits per heavy atom. The van der Waals surface area contributed by atoms with Crippen LogP contribution in [0.3, 0.4) is 0 Å². The van der Waals surface area contributed by atoms with Gasteiger partial charge in [-0.1, -0.05) is 45.1 Å². The molecule has 1 nitrogen and oxygen atoms in total. The smallest absolute Gasteiger partial charge is 0.0406 e. The molecule has 2 rings (SSSR count). The van der Waals surface area contributed by atoms with Crippen molar-refractivity contribution in [1.29, 1.82) is 0 Å². The third kappa shape index (κ3) is 4.69. The van der Waals surface area contributed by atoms with Gasteiger partial charge in [-0.05, 0) is 68.1 Å². The van der Waals surface area contributed by atoms with Crippen molar-refractivity contribution < 1.29 is 0 Å². The first kappa shape index (κ1) is 17.2. The molecule has 0 radical (unpaired) electrons. The van der Waals surface area contributed by atoms with Crippen molar-refractivity contribution in [2.45, 2.75) is 84.5 Å². The number of hydrogen-bond donors (Lipinski definition) is 0. The van der Waals surface area contributed by atoms with Crippen molar-refractivity contribution in [2.24, 2.45) is 5.92 Å². The average molecular weight is 300 g/mol. The summed E-state index contributed by atoms with van der Waals surface area (Å²) in [6.07, 6.45) is 13.6. The van der Waals surface area contributed by atoms with E-state index >= 15 is 0 Å². The number of fused-ring (bicyclic) bond motifs is 1. The number of nitrogens with zero attached hydrogens (tertiary/aromatic N) is 1. The van der Waals surface area contributed by atoms with Gasteiger partial charge in [0, 0.05) is 11.9 Å². The summed E-state index contributed by atoms with van der Waals surface area (Å²) in [5.41, 5.74) is 5.66. The predicted molar refractivity (Wildman–Crippen MR) is 96.4 cm³/mol. The van der Waals surface area contributed by atoms with E-state index in [9.17, 15) is 0 Å². The Kier molecular flexibility index (Phi) is 6.67. The summed E-state index contributed by atoms with van der Waals surface area (Å²) in [5.74, 6) is 1.58.